The summed E-state index contributed by atoms with van der Waals surface area (Å²) < 4.78 is 7.66. The number of fused-ring (bicyclic) bond motifs is 2. The van der Waals surface area contributed by atoms with Crippen molar-refractivity contribution in [2.24, 2.45) is 0 Å². The molecule has 3 aromatic heterocycles. The fourth-order valence-electron chi connectivity index (χ4n) is 2.18. The van der Waals surface area contributed by atoms with E-state index in [-0.39, 0.29) is 0 Å². The highest BCUT2D eigenvalue weighted by Gasteiger charge is 2.12. The van der Waals surface area contributed by atoms with Gasteiger partial charge in [0.2, 0.25) is 4.96 Å². The molecule has 0 bridgehead atoms. The summed E-state index contributed by atoms with van der Waals surface area (Å²) in [5, 5.41) is 6.47. The Morgan fingerprint density at radius 3 is 2.95 bits per heavy atom. The minimum absolute atomic E-state index is 0.788. The van der Waals surface area contributed by atoms with Crippen molar-refractivity contribution in [3.05, 3.63) is 41.0 Å². The number of nitrogens with zero attached hydrogens (tertiary/aromatic N) is 3. The fraction of sp³-hybridized carbons (Fsp3) is 0.143. The van der Waals surface area contributed by atoms with E-state index < -0.39 is 0 Å². The highest BCUT2D eigenvalue weighted by atomic mass is 32.1. The summed E-state index contributed by atoms with van der Waals surface area (Å²) in [5.74, 6) is 0.788. The molecule has 0 atom stereocenters. The van der Waals surface area contributed by atoms with Gasteiger partial charge in [-0.05, 0) is 31.5 Å². The molecule has 0 spiro atoms. The van der Waals surface area contributed by atoms with Gasteiger partial charge in [0.05, 0.1) is 6.20 Å². The lowest BCUT2D eigenvalue weighted by Gasteiger charge is -1.90. The molecule has 1 aromatic carbocycles. The zero-order valence-electron chi connectivity index (χ0n) is 10.5. The molecule has 0 aliphatic rings. The predicted octanol–water partition coefficient (Wildman–Crippen LogP) is 3.82. The first-order valence-corrected chi connectivity index (χ1v) is 6.84. The van der Waals surface area contributed by atoms with Gasteiger partial charge in [-0.15, -0.1) is 0 Å². The van der Waals surface area contributed by atoms with Crippen LogP contribution in [-0.2, 0) is 0 Å². The van der Waals surface area contributed by atoms with E-state index in [1.54, 1.807) is 15.9 Å². The molecule has 94 valence electrons. The molecular formula is C14H11N3OS. The molecule has 3 heterocycles. The first-order chi connectivity index (χ1) is 9.19. The largest absolute Gasteiger partial charge is 0.454 e. The van der Waals surface area contributed by atoms with Gasteiger partial charge in [-0.2, -0.15) is 5.10 Å². The summed E-state index contributed by atoms with van der Waals surface area (Å²) in [4.78, 5) is 5.44. The minimum atomic E-state index is 0.788. The average Bonchev–Trinajstić information content (AvgIpc) is 2.99. The molecule has 0 radical (unpaired) electrons. The van der Waals surface area contributed by atoms with Crippen molar-refractivity contribution < 1.29 is 4.42 Å². The van der Waals surface area contributed by atoms with Gasteiger partial charge in [0.1, 0.15) is 16.3 Å². The van der Waals surface area contributed by atoms with Gasteiger partial charge in [0.15, 0.2) is 5.76 Å². The fourth-order valence-corrected chi connectivity index (χ4v) is 2.91. The standard InChI is InChI=1S/C14H11N3OS/c1-8-3-4-10-6-13(18-12(10)5-8)11-7-17-14(15-11)19-9(2)16-17/h3-7H,1-2H3. The third-order valence-electron chi connectivity index (χ3n) is 3.07. The van der Waals surface area contributed by atoms with Crippen LogP contribution in [0.5, 0.6) is 0 Å². The van der Waals surface area contributed by atoms with Crippen LogP contribution in [0.15, 0.2) is 34.9 Å². The summed E-state index contributed by atoms with van der Waals surface area (Å²) in [5.41, 5.74) is 2.92. The lowest BCUT2D eigenvalue weighted by molar-refractivity contribution is 0.629. The van der Waals surface area contributed by atoms with Gasteiger partial charge in [0.25, 0.3) is 0 Å². The van der Waals surface area contributed by atoms with Crippen molar-refractivity contribution in [1.29, 1.82) is 0 Å². The van der Waals surface area contributed by atoms with Crippen LogP contribution in [0.3, 0.4) is 0 Å². The number of aromatic nitrogens is 3. The summed E-state index contributed by atoms with van der Waals surface area (Å²) >= 11 is 1.58. The maximum Gasteiger partial charge on any atom is 0.212 e. The van der Waals surface area contributed by atoms with Crippen molar-refractivity contribution in [3.8, 4) is 11.5 Å². The Kier molecular flexibility index (Phi) is 2.08. The second kappa shape index (κ2) is 3.68. The Labute approximate surface area is 113 Å². The summed E-state index contributed by atoms with van der Waals surface area (Å²) in [7, 11) is 0. The van der Waals surface area contributed by atoms with Crippen LogP contribution in [0, 0.1) is 13.8 Å². The highest BCUT2D eigenvalue weighted by molar-refractivity contribution is 7.16. The van der Waals surface area contributed by atoms with Crippen molar-refractivity contribution in [2.75, 3.05) is 0 Å². The SMILES string of the molecule is Cc1ccc2cc(-c3cn4nc(C)sc4n3)oc2c1. The third kappa shape index (κ3) is 1.66. The van der Waals surface area contributed by atoms with Gasteiger partial charge in [0, 0.05) is 5.39 Å². The molecule has 19 heavy (non-hydrogen) atoms. The molecule has 0 N–H and O–H groups in total. The quantitative estimate of drug-likeness (QED) is 0.527. The maximum atomic E-state index is 5.87. The van der Waals surface area contributed by atoms with Crippen molar-refractivity contribution in [2.45, 2.75) is 13.8 Å². The van der Waals surface area contributed by atoms with Crippen LogP contribution in [0.2, 0.25) is 0 Å². The van der Waals surface area contributed by atoms with Crippen LogP contribution < -0.4 is 0 Å². The lowest BCUT2D eigenvalue weighted by Crippen LogP contribution is -1.79. The molecule has 0 saturated carbocycles. The Hall–Kier alpha value is -2.14. The van der Waals surface area contributed by atoms with Gasteiger partial charge in [-0.25, -0.2) is 9.50 Å². The summed E-state index contributed by atoms with van der Waals surface area (Å²) in [6, 6.07) is 8.21. The van der Waals surface area contributed by atoms with E-state index in [9.17, 15) is 0 Å². The lowest BCUT2D eigenvalue weighted by atomic mass is 10.2. The number of hydrogen-bond donors (Lipinski definition) is 0. The van der Waals surface area contributed by atoms with E-state index in [0.29, 0.717) is 0 Å². The first-order valence-electron chi connectivity index (χ1n) is 6.02. The molecule has 0 aliphatic heterocycles. The Morgan fingerprint density at radius 1 is 1.21 bits per heavy atom. The molecular weight excluding hydrogens is 258 g/mol. The third-order valence-corrected chi connectivity index (χ3v) is 3.91. The molecule has 4 rings (SSSR count). The van der Waals surface area contributed by atoms with Crippen LogP contribution in [0.25, 0.3) is 27.4 Å². The summed E-state index contributed by atoms with van der Waals surface area (Å²) in [6.45, 7) is 4.03. The number of hydrogen-bond acceptors (Lipinski definition) is 4. The number of imidazole rings is 1. The molecule has 4 aromatic rings. The van der Waals surface area contributed by atoms with E-state index in [1.165, 1.54) is 5.56 Å². The molecule has 0 saturated heterocycles. The number of rotatable bonds is 1. The zero-order valence-corrected chi connectivity index (χ0v) is 11.4. The Balaban J connectivity index is 1.90. The normalized spacial score (nSPS) is 11.7. The predicted molar refractivity (Wildman–Crippen MR) is 75.5 cm³/mol. The van der Waals surface area contributed by atoms with Crippen LogP contribution in [-0.4, -0.2) is 14.6 Å². The van der Waals surface area contributed by atoms with E-state index >= 15 is 0 Å². The van der Waals surface area contributed by atoms with E-state index in [1.807, 2.05) is 25.3 Å². The Morgan fingerprint density at radius 2 is 2.11 bits per heavy atom. The molecule has 0 amide bonds. The van der Waals surface area contributed by atoms with Crippen molar-refractivity contribution >= 4 is 27.3 Å². The smallest absolute Gasteiger partial charge is 0.212 e. The van der Waals surface area contributed by atoms with Gasteiger partial charge < -0.3 is 4.42 Å². The average molecular weight is 269 g/mol. The van der Waals surface area contributed by atoms with Crippen LogP contribution >= 0.6 is 11.3 Å². The van der Waals surface area contributed by atoms with Crippen molar-refractivity contribution in [1.82, 2.24) is 14.6 Å². The van der Waals surface area contributed by atoms with Gasteiger partial charge in [-0.3, -0.25) is 0 Å². The van der Waals surface area contributed by atoms with Crippen LogP contribution in [0.1, 0.15) is 10.6 Å². The van der Waals surface area contributed by atoms with Gasteiger partial charge in [-0.1, -0.05) is 23.5 Å². The molecule has 5 heteroatoms. The van der Waals surface area contributed by atoms with E-state index in [0.717, 1.165) is 32.4 Å². The highest BCUT2D eigenvalue weighted by Crippen LogP contribution is 2.28. The molecule has 4 nitrogen and oxygen atoms in total. The Bertz CT molecular complexity index is 868. The summed E-state index contributed by atoms with van der Waals surface area (Å²) in [6.07, 6.45) is 1.91. The number of furan rings is 1. The maximum absolute atomic E-state index is 5.87. The van der Waals surface area contributed by atoms with Crippen molar-refractivity contribution in [3.63, 3.8) is 0 Å². The molecule has 0 unspecified atom stereocenters. The topological polar surface area (TPSA) is 43.3 Å². The molecule has 0 aliphatic carbocycles. The zero-order chi connectivity index (χ0) is 13.0. The number of benzene rings is 1. The second-order valence-corrected chi connectivity index (χ2v) is 5.79. The van der Waals surface area contributed by atoms with E-state index in [4.69, 9.17) is 4.42 Å². The van der Waals surface area contributed by atoms with Gasteiger partial charge >= 0.3 is 0 Å². The second-order valence-electron chi connectivity index (χ2n) is 4.63. The monoisotopic (exact) mass is 269 g/mol. The minimum Gasteiger partial charge on any atom is -0.454 e. The van der Waals surface area contributed by atoms with Crippen LogP contribution in [0.4, 0.5) is 0 Å². The van der Waals surface area contributed by atoms with E-state index in [2.05, 4.69) is 29.1 Å². The molecule has 0 fully saturated rings. The number of aryl methyl sites for hydroxylation is 2. The first kappa shape index (κ1) is 10.8.